The predicted octanol–water partition coefficient (Wildman–Crippen LogP) is 7.95. The van der Waals surface area contributed by atoms with Crippen molar-refractivity contribution in [1.82, 2.24) is 20.4 Å². The number of benzene rings is 1. The molecule has 4 bridgehead atoms. The van der Waals surface area contributed by atoms with Crippen molar-refractivity contribution in [1.29, 1.82) is 0 Å². The monoisotopic (exact) mass is 632 g/mol. The minimum atomic E-state index is -0.312. The number of carbonyl (C=O) groups is 2. The van der Waals surface area contributed by atoms with Gasteiger partial charge in [0.25, 0.3) is 0 Å². The number of fused-ring (bicyclic) bond motifs is 3. The minimum absolute atomic E-state index is 0.00000551. The van der Waals surface area contributed by atoms with Crippen molar-refractivity contribution >= 4 is 12.0 Å². The number of aryl methyl sites for hydroxylation is 1. The summed E-state index contributed by atoms with van der Waals surface area (Å²) in [5.41, 5.74) is 5.97. The number of rotatable bonds is 2. The van der Waals surface area contributed by atoms with Crippen molar-refractivity contribution in [2.24, 2.45) is 0 Å². The van der Waals surface area contributed by atoms with Gasteiger partial charge >= 0.3 is 6.09 Å². The number of nitrogens with one attached hydrogen (secondary N) is 2. The lowest BCUT2D eigenvalue weighted by atomic mass is 9.98. The molecule has 1 aromatic carbocycles. The van der Waals surface area contributed by atoms with Gasteiger partial charge in [-0.3, -0.25) is 14.6 Å². The maximum Gasteiger partial charge on any atom is 0.410 e. The third kappa shape index (κ3) is 10.8. The van der Waals surface area contributed by atoms with Gasteiger partial charge in [0.1, 0.15) is 6.10 Å². The number of nitrogens with zero attached hydrogens (tertiary/aromatic N) is 2. The van der Waals surface area contributed by atoms with Gasteiger partial charge in [-0.2, -0.15) is 0 Å². The van der Waals surface area contributed by atoms with E-state index < -0.39 is 0 Å². The fourth-order valence-electron chi connectivity index (χ4n) is 7.31. The number of allylic oxidation sites excluding steroid dienone is 1. The Morgan fingerprint density at radius 3 is 2.26 bits per heavy atom. The first-order chi connectivity index (χ1) is 22.2. The van der Waals surface area contributed by atoms with E-state index in [1.54, 1.807) is 0 Å². The van der Waals surface area contributed by atoms with Gasteiger partial charge in [-0.1, -0.05) is 101 Å². The van der Waals surface area contributed by atoms with Crippen LogP contribution in [0.1, 0.15) is 120 Å². The maximum atomic E-state index is 13.4. The van der Waals surface area contributed by atoms with Crippen LogP contribution in [-0.4, -0.2) is 59.6 Å². The average Bonchev–Trinajstić information content (AvgIpc) is 3.63. The zero-order valence-electron chi connectivity index (χ0n) is 28.8. The Kier molecular flexibility index (Phi) is 14.3. The molecule has 3 heterocycles. The molecule has 3 aliphatic rings. The Hall–Kier alpha value is -3.06. The van der Waals surface area contributed by atoms with Crippen molar-refractivity contribution in [2.45, 2.75) is 147 Å². The molecule has 0 saturated carbocycles. The standard InChI is InChI=1S/C39H60N4O3/c1-6-33-23-16-12-7-8-13-17-24-36(29(2)3)41-38(44)37-25-34(27-42(37)5)46-39(45)43-26-32-22-18-21-31(35(32)28-43)20-15-11-9-10-14-19-30(4)40-33/h6,18,21-22,33-34,36-37,40H,1-2,4,7-17,19-20,23-28H2,3,5H3,(H,41,44)/t33-,34-,36?,37?/m1/s1. The molecule has 0 spiro atoms. The number of carbonyl (C=O) groups excluding carboxylic acids is 2. The van der Waals surface area contributed by atoms with Crippen LogP contribution in [-0.2, 0) is 29.0 Å². The van der Waals surface area contributed by atoms with Crippen LogP contribution in [0.5, 0.6) is 0 Å². The summed E-state index contributed by atoms with van der Waals surface area (Å²) in [6.45, 7) is 16.3. The number of ether oxygens (including phenoxy) is 1. The van der Waals surface area contributed by atoms with Gasteiger partial charge in [0.2, 0.25) is 5.91 Å². The van der Waals surface area contributed by atoms with Crippen LogP contribution in [0, 0.1) is 0 Å². The Balaban J connectivity index is 1.35. The quantitative estimate of drug-likeness (QED) is 0.324. The SMILES string of the molecule is C=C[C@@H]1CCCCCCCCC(C(=C)C)NC(=O)C2C[C@H](CN2C)OC(=O)N2Cc3cccc(c3C2)CCCCCCCC(=C)N1. The van der Waals surface area contributed by atoms with Crippen molar-refractivity contribution in [3.63, 3.8) is 0 Å². The number of hydrogen-bond acceptors (Lipinski definition) is 5. The normalized spacial score (nSPS) is 27.3. The molecule has 4 atom stereocenters. The molecular formula is C39H60N4O3. The fraction of sp³-hybridized carbons (Fsp3) is 0.641. The van der Waals surface area contributed by atoms with E-state index in [0.29, 0.717) is 32.1 Å². The second-order valence-corrected chi connectivity index (χ2v) is 14.1. The third-order valence-corrected chi connectivity index (χ3v) is 10.2. The summed E-state index contributed by atoms with van der Waals surface area (Å²) in [6.07, 6.45) is 19.1. The Labute approximate surface area is 278 Å². The van der Waals surface area contributed by atoms with Crippen LogP contribution >= 0.6 is 0 Å². The highest BCUT2D eigenvalue weighted by Gasteiger charge is 2.38. The van der Waals surface area contributed by atoms with Gasteiger partial charge in [0.15, 0.2) is 0 Å². The highest BCUT2D eigenvalue weighted by atomic mass is 16.6. The minimum Gasteiger partial charge on any atom is -0.445 e. The first-order valence-corrected chi connectivity index (χ1v) is 18.0. The summed E-state index contributed by atoms with van der Waals surface area (Å²) < 4.78 is 5.99. The molecule has 254 valence electrons. The highest BCUT2D eigenvalue weighted by Crippen LogP contribution is 2.29. The van der Waals surface area contributed by atoms with Crippen molar-refractivity contribution in [3.05, 3.63) is 72.0 Å². The average molecular weight is 633 g/mol. The molecule has 3 aliphatic heterocycles. The zero-order chi connectivity index (χ0) is 32.9. The number of hydrogen-bond donors (Lipinski definition) is 2. The maximum absolute atomic E-state index is 13.4. The molecule has 2 N–H and O–H groups in total. The van der Waals surface area contributed by atoms with Gasteiger partial charge in [-0.05, 0) is 69.2 Å². The van der Waals surface area contributed by atoms with E-state index >= 15 is 0 Å². The molecular weight excluding hydrogens is 572 g/mol. The van der Waals surface area contributed by atoms with Crippen LogP contribution < -0.4 is 10.6 Å². The first kappa shape index (κ1) is 35.8. The van der Waals surface area contributed by atoms with Crippen LogP contribution in [0.3, 0.4) is 0 Å². The van der Waals surface area contributed by atoms with Gasteiger partial charge < -0.3 is 15.4 Å². The number of likely N-dealkylation sites (tertiary alicyclic amines) is 1. The van der Waals surface area contributed by atoms with E-state index in [-0.39, 0.29) is 30.2 Å². The van der Waals surface area contributed by atoms with Crippen LogP contribution in [0.15, 0.2) is 55.3 Å². The molecule has 1 saturated heterocycles. The third-order valence-electron chi connectivity index (χ3n) is 10.2. The molecule has 2 amide bonds. The molecule has 2 unspecified atom stereocenters. The van der Waals surface area contributed by atoms with E-state index in [2.05, 4.69) is 48.6 Å². The zero-order valence-corrected chi connectivity index (χ0v) is 28.8. The number of likely N-dealkylation sites (N-methyl/N-ethyl adjacent to an activating group) is 1. The first-order valence-electron chi connectivity index (χ1n) is 18.0. The molecule has 1 aromatic rings. The lowest BCUT2D eigenvalue weighted by Gasteiger charge is -2.24. The van der Waals surface area contributed by atoms with E-state index in [0.717, 1.165) is 56.2 Å². The molecule has 0 aromatic heterocycles. The summed E-state index contributed by atoms with van der Waals surface area (Å²) in [7, 11) is 1.94. The summed E-state index contributed by atoms with van der Waals surface area (Å²) in [5.74, 6) is -0.00000551. The molecule has 1 fully saturated rings. The highest BCUT2D eigenvalue weighted by molar-refractivity contribution is 5.83. The Morgan fingerprint density at radius 1 is 0.891 bits per heavy atom. The van der Waals surface area contributed by atoms with E-state index in [1.165, 1.54) is 68.1 Å². The van der Waals surface area contributed by atoms with Gasteiger partial charge in [0.05, 0.1) is 6.04 Å². The van der Waals surface area contributed by atoms with Crippen LogP contribution in [0.4, 0.5) is 4.79 Å². The molecule has 0 radical (unpaired) electrons. The van der Waals surface area contributed by atoms with Crippen LogP contribution in [0.2, 0.25) is 0 Å². The lowest BCUT2D eigenvalue weighted by Crippen LogP contribution is -2.46. The van der Waals surface area contributed by atoms with Crippen molar-refractivity contribution < 1.29 is 14.3 Å². The van der Waals surface area contributed by atoms with E-state index in [4.69, 9.17) is 4.74 Å². The Bertz CT molecular complexity index is 1200. The van der Waals surface area contributed by atoms with Crippen LogP contribution in [0.25, 0.3) is 0 Å². The number of amides is 2. The Morgan fingerprint density at radius 2 is 1.54 bits per heavy atom. The van der Waals surface area contributed by atoms with E-state index in [9.17, 15) is 9.59 Å². The van der Waals surface area contributed by atoms with Crippen molar-refractivity contribution in [3.8, 4) is 0 Å². The fourth-order valence-corrected chi connectivity index (χ4v) is 7.31. The topological polar surface area (TPSA) is 73.9 Å². The lowest BCUT2D eigenvalue weighted by molar-refractivity contribution is -0.125. The molecule has 4 rings (SSSR count). The molecule has 0 aliphatic carbocycles. The summed E-state index contributed by atoms with van der Waals surface area (Å²) >= 11 is 0. The van der Waals surface area contributed by atoms with E-state index in [1.807, 2.05) is 29.8 Å². The second-order valence-electron chi connectivity index (χ2n) is 14.1. The summed E-state index contributed by atoms with van der Waals surface area (Å²) in [6, 6.07) is 6.43. The van der Waals surface area contributed by atoms with Gasteiger partial charge in [0, 0.05) is 43.8 Å². The summed E-state index contributed by atoms with van der Waals surface area (Å²) in [4.78, 5) is 30.5. The predicted molar refractivity (Wildman–Crippen MR) is 188 cm³/mol. The molecule has 7 nitrogen and oxygen atoms in total. The second kappa shape index (κ2) is 18.3. The van der Waals surface area contributed by atoms with Crippen molar-refractivity contribution in [2.75, 3.05) is 13.6 Å². The van der Waals surface area contributed by atoms with Gasteiger partial charge in [-0.25, -0.2) is 4.79 Å². The molecule has 46 heavy (non-hydrogen) atoms. The summed E-state index contributed by atoms with van der Waals surface area (Å²) in [5, 5.41) is 6.86. The largest absolute Gasteiger partial charge is 0.445 e. The molecule has 7 heteroatoms. The van der Waals surface area contributed by atoms with Gasteiger partial charge in [-0.15, -0.1) is 6.58 Å². The smallest absolute Gasteiger partial charge is 0.410 e.